The highest BCUT2D eigenvalue weighted by Crippen LogP contribution is 2.25. The molecule has 0 aliphatic heterocycles. The van der Waals surface area contributed by atoms with Crippen LogP contribution in [-0.4, -0.2) is 15.8 Å². The van der Waals surface area contributed by atoms with E-state index in [1.165, 1.54) is 0 Å². The van der Waals surface area contributed by atoms with E-state index in [1.807, 2.05) is 6.92 Å². The van der Waals surface area contributed by atoms with Gasteiger partial charge in [-0.3, -0.25) is 0 Å². The fraction of sp³-hybridized carbons (Fsp3) is 0.556. The first-order chi connectivity index (χ1) is 5.16. The number of aliphatic hydroxyl groups is 2. The summed E-state index contributed by atoms with van der Waals surface area (Å²) in [6.07, 6.45) is 7.06. The van der Waals surface area contributed by atoms with Crippen LogP contribution in [0.25, 0.3) is 0 Å². The molecule has 1 atom stereocenters. The zero-order valence-electron chi connectivity index (χ0n) is 6.75. The largest absolute Gasteiger partial charge is 0.512 e. The van der Waals surface area contributed by atoms with Crippen molar-refractivity contribution in [2.75, 3.05) is 0 Å². The summed E-state index contributed by atoms with van der Waals surface area (Å²) < 4.78 is 0. The van der Waals surface area contributed by atoms with Gasteiger partial charge in [-0.1, -0.05) is 25.5 Å². The van der Waals surface area contributed by atoms with E-state index in [1.54, 1.807) is 18.2 Å². The monoisotopic (exact) mass is 154 g/mol. The summed E-state index contributed by atoms with van der Waals surface area (Å²) in [7, 11) is 0. The lowest BCUT2D eigenvalue weighted by atomic mass is 9.90. The van der Waals surface area contributed by atoms with Gasteiger partial charge in [0.25, 0.3) is 0 Å². The Morgan fingerprint density at radius 1 is 1.64 bits per heavy atom. The van der Waals surface area contributed by atoms with Crippen LogP contribution >= 0.6 is 0 Å². The van der Waals surface area contributed by atoms with Crippen molar-refractivity contribution in [1.29, 1.82) is 0 Å². The maximum Gasteiger partial charge on any atom is 0.0954 e. The summed E-state index contributed by atoms with van der Waals surface area (Å²) in [6.45, 7) is 2.02. The molecule has 62 valence electrons. The minimum absolute atomic E-state index is 0.267. The van der Waals surface area contributed by atoms with Crippen LogP contribution < -0.4 is 0 Å². The lowest BCUT2D eigenvalue weighted by Gasteiger charge is -2.25. The molecule has 2 N–H and O–H groups in total. The summed E-state index contributed by atoms with van der Waals surface area (Å²) in [5, 5.41) is 18.9. The molecule has 0 saturated heterocycles. The van der Waals surface area contributed by atoms with Crippen LogP contribution in [-0.2, 0) is 0 Å². The number of aliphatic hydroxyl groups excluding tert-OH is 1. The van der Waals surface area contributed by atoms with E-state index >= 15 is 0 Å². The van der Waals surface area contributed by atoms with Crippen molar-refractivity contribution >= 4 is 0 Å². The summed E-state index contributed by atoms with van der Waals surface area (Å²) in [6, 6.07) is 0. The number of allylic oxidation sites excluding steroid dienone is 2. The molecule has 11 heavy (non-hydrogen) atoms. The Hall–Kier alpha value is -0.760. The lowest BCUT2D eigenvalue weighted by Crippen LogP contribution is -2.27. The average Bonchev–Trinajstić information content (AvgIpc) is 1.86. The molecule has 0 radical (unpaired) electrons. The summed E-state index contributed by atoms with van der Waals surface area (Å²) in [5.41, 5.74) is -0.798. The van der Waals surface area contributed by atoms with Gasteiger partial charge in [-0.25, -0.2) is 0 Å². The van der Waals surface area contributed by atoms with Crippen LogP contribution in [0.1, 0.15) is 26.2 Å². The van der Waals surface area contributed by atoms with Gasteiger partial charge >= 0.3 is 0 Å². The topological polar surface area (TPSA) is 40.5 Å². The van der Waals surface area contributed by atoms with E-state index in [4.69, 9.17) is 5.11 Å². The molecule has 0 aromatic heterocycles. The molecule has 0 aromatic rings. The van der Waals surface area contributed by atoms with Crippen LogP contribution in [0.5, 0.6) is 0 Å². The highest BCUT2D eigenvalue weighted by Gasteiger charge is 2.25. The van der Waals surface area contributed by atoms with Gasteiger partial charge in [-0.05, 0) is 12.5 Å². The van der Waals surface area contributed by atoms with Crippen molar-refractivity contribution in [2.45, 2.75) is 31.8 Å². The van der Waals surface area contributed by atoms with Crippen molar-refractivity contribution in [1.82, 2.24) is 0 Å². The number of hydrogen-bond donors (Lipinski definition) is 2. The highest BCUT2D eigenvalue weighted by molar-refractivity contribution is 5.20. The van der Waals surface area contributed by atoms with Crippen LogP contribution in [0.2, 0.25) is 0 Å². The molecule has 1 rings (SSSR count). The van der Waals surface area contributed by atoms with E-state index in [0.29, 0.717) is 12.8 Å². The quantitative estimate of drug-likeness (QED) is 0.638. The van der Waals surface area contributed by atoms with Gasteiger partial charge in [0, 0.05) is 6.42 Å². The van der Waals surface area contributed by atoms with Crippen LogP contribution in [0.15, 0.2) is 24.0 Å². The predicted octanol–water partition coefficient (Wildman–Crippen LogP) is 1.92. The SMILES string of the molecule is CCCC1(O)C=CC=C(O)C1. The Labute approximate surface area is 66.9 Å². The van der Waals surface area contributed by atoms with Gasteiger partial charge in [0.2, 0.25) is 0 Å². The first kappa shape index (κ1) is 8.34. The van der Waals surface area contributed by atoms with Crippen molar-refractivity contribution < 1.29 is 10.2 Å². The molecule has 0 fully saturated rings. The van der Waals surface area contributed by atoms with Gasteiger partial charge in [0.15, 0.2) is 0 Å². The van der Waals surface area contributed by atoms with Crippen molar-refractivity contribution in [3.63, 3.8) is 0 Å². The van der Waals surface area contributed by atoms with Crippen molar-refractivity contribution in [2.24, 2.45) is 0 Å². The maximum atomic E-state index is 9.75. The fourth-order valence-electron chi connectivity index (χ4n) is 1.37. The standard InChI is InChI=1S/C9H14O2/c1-2-5-9(11)6-3-4-8(10)7-9/h3-4,6,10-11H,2,5,7H2,1H3. The van der Waals surface area contributed by atoms with Crippen molar-refractivity contribution in [3.05, 3.63) is 24.0 Å². The Morgan fingerprint density at radius 2 is 2.36 bits per heavy atom. The van der Waals surface area contributed by atoms with E-state index in [9.17, 15) is 5.11 Å². The molecule has 0 aromatic carbocycles. The molecule has 1 aliphatic rings. The zero-order chi connectivity index (χ0) is 8.32. The summed E-state index contributed by atoms with van der Waals surface area (Å²) in [4.78, 5) is 0. The highest BCUT2D eigenvalue weighted by atomic mass is 16.3. The van der Waals surface area contributed by atoms with Crippen LogP contribution in [0.4, 0.5) is 0 Å². The van der Waals surface area contributed by atoms with E-state index in [-0.39, 0.29) is 5.76 Å². The Balaban J connectivity index is 2.62. The molecule has 0 amide bonds. The molecule has 2 nitrogen and oxygen atoms in total. The van der Waals surface area contributed by atoms with E-state index < -0.39 is 5.60 Å². The number of rotatable bonds is 2. The molecule has 1 aliphatic carbocycles. The normalized spacial score (nSPS) is 30.2. The number of hydrogen-bond acceptors (Lipinski definition) is 2. The van der Waals surface area contributed by atoms with E-state index in [2.05, 4.69) is 0 Å². The predicted molar refractivity (Wildman–Crippen MR) is 44.3 cm³/mol. The van der Waals surface area contributed by atoms with Crippen LogP contribution in [0, 0.1) is 0 Å². The third kappa shape index (κ3) is 2.09. The molecule has 0 heterocycles. The second-order valence-corrected chi connectivity index (χ2v) is 3.05. The third-order valence-corrected chi connectivity index (χ3v) is 1.87. The first-order valence-electron chi connectivity index (χ1n) is 3.96. The van der Waals surface area contributed by atoms with Crippen molar-refractivity contribution in [3.8, 4) is 0 Å². The zero-order valence-corrected chi connectivity index (χ0v) is 6.75. The Morgan fingerprint density at radius 3 is 2.91 bits per heavy atom. The minimum Gasteiger partial charge on any atom is -0.512 e. The third-order valence-electron chi connectivity index (χ3n) is 1.87. The lowest BCUT2D eigenvalue weighted by molar-refractivity contribution is 0.0676. The summed E-state index contributed by atoms with van der Waals surface area (Å²) >= 11 is 0. The smallest absolute Gasteiger partial charge is 0.0954 e. The minimum atomic E-state index is -0.798. The van der Waals surface area contributed by atoms with Gasteiger partial charge in [-0.2, -0.15) is 0 Å². The Bertz CT molecular complexity index is 194. The second-order valence-electron chi connectivity index (χ2n) is 3.05. The van der Waals surface area contributed by atoms with Gasteiger partial charge < -0.3 is 10.2 Å². The van der Waals surface area contributed by atoms with Gasteiger partial charge in [0.05, 0.1) is 11.4 Å². The molecular weight excluding hydrogens is 140 g/mol. The molecule has 1 unspecified atom stereocenters. The van der Waals surface area contributed by atoms with Gasteiger partial charge in [0.1, 0.15) is 0 Å². The van der Waals surface area contributed by atoms with Crippen LogP contribution in [0.3, 0.4) is 0 Å². The molecular formula is C9H14O2. The molecule has 0 bridgehead atoms. The maximum absolute atomic E-state index is 9.75. The van der Waals surface area contributed by atoms with E-state index in [0.717, 1.165) is 6.42 Å². The Kier molecular flexibility index (Phi) is 2.35. The first-order valence-corrected chi connectivity index (χ1v) is 3.96. The second kappa shape index (κ2) is 3.09. The average molecular weight is 154 g/mol. The molecule has 2 heteroatoms. The summed E-state index contributed by atoms with van der Waals surface area (Å²) in [5.74, 6) is 0.267. The molecule has 0 saturated carbocycles. The fourth-order valence-corrected chi connectivity index (χ4v) is 1.37. The molecule has 0 spiro atoms. The van der Waals surface area contributed by atoms with Gasteiger partial charge in [-0.15, -0.1) is 0 Å².